The van der Waals surface area contributed by atoms with Gasteiger partial charge in [-0.2, -0.15) is 0 Å². The maximum absolute atomic E-state index is 11.6. The second-order valence-electron chi connectivity index (χ2n) is 8.13. The lowest BCUT2D eigenvalue weighted by molar-refractivity contribution is 0.0513. The maximum Gasteiger partial charge on any atom is 0.407 e. The van der Waals surface area contributed by atoms with Gasteiger partial charge in [0.05, 0.1) is 6.61 Å². The van der Waals surface area contributed by atoms with Crippen molar-refractivity contribution in [2.24, 2.45) is 0 Å². The number of carbonyl (C=O) groups excluding carboxylic acids is 2. The number of rotatable bonds is 7. The van der Waals surface area contributed by atoms with Gasteiger partial charge < -0.3 is 24.8 Å². The molecule has 0 bridgehead atoms. The van der Waals surface area contributed by atoms with E-state index in [0.717, 1.165) is 11.3 Å². The van der Waals surface area contributed by atoms with Crippen LogP contribution in [0.15, 0.2) is 24.3 Å². The van der Waals surface area contributed by atoms with Crippen LogP contribution >= 0.6 is 0 Å². The molecule has 1 aromatic rings. The molecule has 0 saturated carbocycles. The third-order valence-electron chi connectivity index (χ3n) is 3.02. The second-order valence-corrected chi connectivity index (χ2v) is 8.13. The van der Waals surface area contributed by atoms with E-state index in [-0.39, 0.29) is 0 Å². The molecule has 7 nitrogen and oxygen atoms in total. The molecule has 0 spiro atoms. The van der Waals surface area contributed by atoms with E-state index in [4.69, 9.17) is 14.2 Å². The zero-order valence-electron chi connectivity index (χ0n) is 17.2. The number of alkyl carbamates (subject to hydrolysis) is 2. The molecule has 0 saturated heterocycles. The molecule has 0 aliphatic carbocycles. The van der Waals surface area contributed by atoms with Crippen LogP contribution in [0.2, 0.25) is 0 Å². The van der Waals surface area contributed by atoms with Crippen LogP contribution in [0, 0.1) is 0 Å². The number of nitrogens with one attached hydrogen (secondary N) is 2. The molecule has 0 fully saturated rings. The summed E-state index contributed by atoms with van der Waals surface area (Å²) in [5, 5.41) is 5.39. The Bertz CT molecular complexity index is 600. The summed E-state index contributed by atoms with van der Waals surface area (Å²) in [6.07, 6.45) is -0.203. The summed E-state index contributed by atoms with van der Waals surface area (Å²) in [5.41, 5.74) is -0.0688. The lowest BCUT2D eigenvalue weighted by Gasteiger charge is -2.19. The van der Waals surface area contributed by atoms with Crippen molar-refractivity contribution in [3.05, 3.63) is 29.8 Å². The highest BCUT2D eigenvalue weighted by Crippen LogP contribution is 2.13. The van der Waals surface area contributed by atoms with Gasteiger partial charge >= 0.3 is 12.2 Å². The summed E-state index contributed by atoms with van der Waals surface area (Å²) in [5.74, 6) is 0.730. The molecule has 0 aromatic heterocycles. The van der Waals surface area contributed by atoms with Crippen LogP contribution in [0.25, 0.3) is 0 Å². The number of carbonyl (C=O) groups is 2. The average molecular weight is 380 g/mol. The van der Waals surface area contributed by atoms with Gasteiger partial charge in [-0.15, -0.1) is 0 Å². The number of benzene rings is 1. The molecular formula is C20H32N2O5. The molecule has 1 rings (SSSR count). The van der Waals surface area contributed by atoms with Crippen LogP contribution in [0.1, 0.15) is 53.5 Å². The first-order valence-corrected chi connectivity index (χ1v) is 9.10. The van der Waals surface area contributed by atoms with E-state index < -0.39 is 23.4 Å². The molecule has 27 heavy (non-hydrogen) atoms. The third kappa shape index (κ3) is 11.7. The monoisotopic (exact) mass is 380 g/mol. The van der Waals surface area contributed by atoms with Crippen molar-refractivity contribution in [1.82, 2.24) is 10.6 Å². The zero-order chi connectivity index (χ0) is 20.5. The largest absolute Gasteiger partial charge is 0.494 e. The molecule has 2 N–H and O–H groups in total. The quantitative estimate of drug-likeness (QED) is 0.698. The predicted molar refractivity (Wildman–Crippen MR) is 104 cm³/mol. The number of amides is 2. The highest BCUT2D eigenvalue weighted by atomic mass is 16.6. The first-order valence-electron chi connectivity index (χ1n) is 9.10. The molecule has 1 aromatic carbocycles. The van der Waals surface area contributed by atoms with Crippen molar-refractivity contribution in [3.63, 3.8) is 0 Å². The highest BCUT2D eigenvalue weighted by Gasteiger charge is 2.16. The molecule has 0 radical (unpaired) electrons. The first kappa shape index (κ1) is 22.6. The second kappa shape index (κ2) is 10.0. The topological polar surface area (TPSA) is 85.9 Å². The summed E-state index contributed by atoms with van der Waals surface area (Å²) >= 11 is 0. The van der Waals surface area contributed by atoms with Crippen LogP contribution in [0.5, 0.6) is 5.75 Å². The zero-order valence-corrected chi connectivity index (χ0v) is 17.2. The van der Waals surface area contributed by atoms with Gasteiger partial charge in [-0.3, -0.25) is 0 Å². The van der Waals surface area contributed by atoms with Gasteiger partial charge in [0, 0.05) is 13.1 Å². The SMILES string of the molecule is CC(C)(C)OC(=O)NCCCOc1ccc(CNC(=O)OC(C)(C)C)cc1. The third-order valence-corrected chi connectivity index (χ3v) is 3.02. The summed E-state index contributed by atoms with van der Waals surface area (Å²) in [4.78, 5) is 23.1. The van der Waals surface area contributed by atoms with Gasteiger partial charge in [-0.05, 0) is 65.7 Å². The van der Waals surface area contributed by atoms with Crippen molar-refractivity contribution >= 4 is 12.2 Å². The van der Waals surface area contributed by atoms with E-state index in [0.29, 0.717) is 26.1 Å². The fourth-order valence-corrected chi connectivity index (χ4v) is 1.96. The Hall–Kier alpha value is -2.44. The molecule has 0 aliphatic heterocycles. The molecule has 0 aliphatic rings. The fourth-order valence-electron chi connectivity index (χ4n) is 1.96. The van der Waals surface area contributed by atoms with Gasteiger partial charge in [0.15, 0.2) is 0 Å². The van der Waals surface area contributed by atoms with E-state index in [1.54, 1.807) is 0 Å². The molecule has 0 atom stereocenters. The molecule has 0 heterocycles. The Morgan fingerprint density at radius 3 is 1.89 bits per heavy atom. The van der Waals surface area contributed by atoms with E-state index in [9.17, 15) is 9.59 Å². The average Bonchev–Trinajstić information content (AvgIpc) is 2.50. The van der Waals surface area contributed by atoms with E-state index in [1.807, 2.05) is 65.8 Å². The van der Waals surface area contributed by atoms with E-state index in [2.05, 4.69) is 10.6 Å². The number of hydrogen-bond donors (Lipinski definition) is 2. The van der Waals surface area contributed by atoms with Crippen LogP contribution in [-0.4, -0.2) is 36.5 Å². The van der Waals surface area contributed by atoms with Gasteiger partial charge in [-0.1, -0.05) is 12.1 Å². The highest BCUT2D eigenvalue weighted by molar-refractivity contribution is 5.68. The Balaban J connectivity index is 2.23. The van der Waals surface area contributed by atoms with E-state index >= 15 is 0 Å². The minimum absolute atomic E-state index is 0.384. The molecule has 2 amide bonds. The molecule has 152 valence electrons. The Morgan fingerprint density at radius 2 is 1.37 bits per heavy atom. The van der Waals surface area contributed by atoms with Crippen LogP contribution in [0.4, 0.5) is 9.59 Å². The summed E-state index contributed by atoms with van der Waals surface area (Å²) in [7, 11) is 0. The van der Waals surface area contributed by atoms with Crippen LogP contribution in [0.3, 0.4) is 0 Å². The first-order chi connectivity index (χ1) is 12.4. The fraction of sp³-hybridized carbons (Fsp3) is 0.600. The summed E-state index contributed by atoms with van der Waals surface area (Å²) in [6, 6.07) is 7.44. The Labute approximate surface area is 161 Å². The van der Waals surface area contributed by atoms with Crippen molar-refractivity contribution in [2.45, 2.75) is 65.7 Å². The molecule has 0 unspecified atom stereocenters. The van der Waals surface area contributed by atoms with Gasteiger partial charge in [0.25, 0.3) is 0 Å². The Morgan fingerprint density at radius 1 is 0.852 bits per heavy atom. The summed E-state index contributed by atoms with van der Waals surface area (Å²) < 4.78 is 16.0. The van der Waals surface area contributed by atoms with E-state index in [1.165, 1.54) is 0 Å². The van der Waals surface area contributed by atoms with Crippen molar-refractivity contribution in [2.75, 3.05) is 13.2 Å². The standard InChI is InChI=1S/C20H32N2O5/c1-19(2,3)26-17(23)21-12-7-13-25-16-10-8-15(9-11-16)14-22-18(24)27-20(4,5)6/h8-11H,7,12-14H2,1-6H3,(H,21,23)(H,22,24). The molecule has 7 heteroatoms. The smallest absolute Gasteiger partial charge is 0.407 e. The predicted octanol–water partition coefficient (Wildman–Crippen LogP) is 4.00. The normalized spacial score (nSPS) is 11.5. The van der Waals surface area contributed by atoms with Gasteiger partial charge in [-0.25, -0.2) is 9.59 Å². The van der Waals surface area contributed by atoms with Crippen LogP contribution in [-0.2, 0) is 16.0 Å². The van der Waals surface area contributed by atoms with Gasteiger partial charge in [0.2, 0.25) is 0 Å². The minimum atomic E-state index is -0.514. The van der Waals surface area contributed by atoms with Crippen molar-refractivity contribution < 1.29 is 23.8 Å². The minimum Gasteiger partial charge on any atom is -0.494 e. The van der Waals surface area contributed by atoms with Crippen LogP contribution < -0.4 is 15.4 Å². The lowest BCUT2D eigenvalue weighted by atomic mass is 10.2. The molecular weight excluding hydrogens is 348 g/mol. The van der Waals surface area contributed by atoms with Gasteiger partial charge in [0.1, 0.15) is 17.0 Å². The number of hydrogen-bond acceptors (Lipinski definition) is 5. The maximum atomic E-state index is 11.6. The Kier molecular flexibility index (Phi) is 8.40. The van der Waals surface area contributed by atoms with Crippen molar-refractivity contribution in [3.8, 4) is 5.75 Å². The number of ether oxygens (including phenoxy) is 3. The lowest BCUT2D eigenvalue weighted by Crippen LogP contribution is -2.33. The van der Waals surface area contributed by atoms with Crippen molar-refractivity contribution in [1.29, 1.82) is 0 Å². The summed E-state index contributed by atoms with van der Waals surface area (Å²) in [6.45, 7) is 12.3.